The Labute approximate surface area is 132 Å². The Morgan fingerprint density at radius 2 is 2.00 bits per heavy atom. The van der Waals surface area contributed by atoms with Crippen LogP contribution in [-0.4, -0.2) is 24.0 Å². The van der Waals surface area contributed by atoms with Crippen LogP contribution >= 0.6 is 15.9 Å². The van der Waals surface area contributed by atoms with Gasteiger partial charge in [0, 0.05) is 23.1 Å². The third kappa shape index (κ3) is 4.57. The van der Waals surface area contributed by atoms with Gasteiger partial charge in [-0.15, -0.1) is 0 Å². The average molecular weight is 341 g/mol. The predicted octanol–water partition coefficient (Wildman–Crippen LogP) is 4.66. The van der Waals surface area contributed by atoms with Gasteiger partial charge in [-0.3, -0.25) is 4.90 Å². The van der Waals surface area contributed by atoms with Crippen LogP contribution in [0.15, 0.2) is 22.7 Å². The summed E-state index contributed by atoms with van der Waals surface area (Å²) in [6, 6.07) is 7.51. The molecule has 2 N–H and O–H groups in total. The Morgan fingerprint density at radius 1 is 1.30 bits per heavy atom. The van der Waals surface area contributed by atoms with Gasteiger partial charge >= 0.3 is 0 Å². The first-order valence-corrected chi connectivity index (χ1v) is 8.56. The van der Waals surface area contributed by atoms with Gasteiger partial charge in [0.05, 0.1) is 0 Å². The van der Waals surface area contributed by atoms with E-state index in [2.05, 4.69) is 66.7 Å². The second-order valence-electron chi connectivity index (χ2n) is 5.61. The van der Waals surface area contributed by atoms with E-state index in [-0.39, 0.29) is 0 Å². The lowest BCUT2D eigenvalue weighted by atomic mass is 10.0. The topological polar surface area (TPSA) is 29.3 Å². The minimum atomic E-state index is 0.313. The molecular weight excluding hydrogens is 312 g/mol. The number of hydrogen-bond acceptors (Lipinski definition) is 2. The highest BCUT2D eigenvalue weighted by Gasteiger charge is 2.22. The van der Waals surface area contributed by atoms with Crippen molar-refractivity contribution in [2.24, 2.45) is 5.73 Å². The average Bonchev–Trinajstić information content (AvgIpc) is 2.46. The number of unbranched alkanes of at least 4 members (excludes halogenated alkanes) is 1. The van der Waals surface area contributed by atoms with Gasteiger partial charge in [0.15, 0.2) is 0 Å². The summed E-state index contributed by atoms with van der Waals surface area (Å²) >= 11 is 3.64. The highest BCUT2D eigenvalue weighted by Crippen LogP contribution is 2.27. The first-order chi connectivity index (χ1) is 9.54. The summed E-state index contributed by atoms with van der Waals surface area (Å²) in [6.45, 7) is 10.7. The number of nitrogens with two attached hydrogens (primary N) is 1. The van der Waals surface area contributed by atoms with Crippen molar-refractivity contribution in [1.29, 1.82) is 0 Å². The molecule has 0 spiro atoms. The first kappa shape index (κ1) is 17.7. The molecule has 0 saturated carbocycles. The maximum Gasteiger partial charge on any atom is 0.0473 e. The second-order valence-corrected chi connectivity index (χ2v) is 6.46. The second kappa shape index (κ2) is 8.81. The van der Waals surface area contributed by atoms with E-state index in [1.807, 2.05) is 0 Å². The molecule has 0 aliphatic rings. The monoisotopic (exact) mass is 340 g/mol. The fourth-order valence-electron chi connectivity index (χ4n) is 2.54. The predicted molar refractivity (Wildman–Crippen MR) is 92.0 cm³/mol. The zero-order chi connectivity index (χ0) is 15.1. The molecule has 2 unspecified atom stereocenters. The van der Waals surface area contributed by atoms with Crippen molar-refractivity contribution in [1.82, 2.24) is 4.90 Å². The van der Waals surface area contributed by atoms with E-state index in [4.69, 9.17) is 5.73 Å². The minimum Gasteiger partial charge on any atom is -0.329 e. The van der Waals surface area contributed by atoms with E-state index in [1.165, 1.54) is 28.4 Å². The Morgan fingerprint density at radius 3 is 2.50 bits per heavy atom. The van der Waals surface area contributed by atoms with Crippen LogP contribution in [0.5, 0.6) is 0 Å². The summed E-state index contributed by atoms with van der Waals surface area (Å²) in [6.07, 6.45) is 3.61. The number of hydrogen-bond donors (Lipinski definition) is 1. The van der Waals surface area contributed by atoms with Crippen LogP contribution in [0.2, 0.25) is 0 Å². The lowest BCUT2D eigenvalue weighted by Crippen LogP contribution is -2.40. The Balaban J connectivity index is 3.01. The molecule has 3 heteroatoms. The van der Waals surface area contributed by atoms with Crippen molar-refractivity contribution in [3.05, 3.63) is 33.8 Å². The van der Waals surface area contributed by atoms with Gasteiger partial charge in [0.1, 0.15) is 0 Å². The molecule has 0 aliphatic carbocycles. The molecule has 1 rings (SSSR count). The van der Waals surface area contributed by atoms with Crippen LogP contribution < -0.4 is 5.73 Å². The van der Waals surface area contributed by atoms with Crippen molar-refractivity contribution in [3.8, 4) is 0 Å². The molecule has 0 amide bonds. The molecular formula is C17H29BrN2. The first-order valence-electron chi connectivity index (χ1n) is 7.76. The van der Waals surface area contributed by atoms with E-state index in [0.717, 1.165) is 13.0 Å². The van der Waals surface area contributed by atoms with Gasteiger partial charge in [-0.2, -0.15) is 0 Å². The van der Waals surface area contributed by atoms with Gasteiger partial charge in [-0.1, -0.05) is 48.3 Å². The van der Waals surface area contributed by atoms with Crippen molar-refractivity contribution in [2.45, 2.75) is 59.0 Å². The van der Waals surface area contributed by atoms with Crippen LogP contribution in [0.4, 0.5) is 0 Å². The number of halogens is 1. The molecule has 2 nitrogen and oxygen atoms in total. The van der Waals surface area contributed by atoms with Crippen LogP contribution in [0.1, 0.15) is 57.2 Å². The standard InChI is InChI=1S/C17H29BrN2/c1-5-7-10-20(14(4)6-2)17(12-19)15-9-8-13(3)16(18)11-15/h8-9,11,14,17H,5-7,10,12,19H2,1-4H3. The molecule has 0 fully saturated rings. The van der Waals surface area contributed by atoms with Gasteiger partial charge < -0.3 is 5.73 Å². The molecule has 0 heterocycles. The van der Waals surface area contributed by atoms with Gasteiger partial charge in [0.25, 0.3) is 0 Å². The summed E-state index contributed by atoms with van der Waals surface area (Å²) in [4.78, 5) is 2.57. The molecule has 0 aromatic heterocycles. The molecule has 1 aromatic rings. The summed E-state index contributed by atoms with van der Waals surface area (Å²) < 4.78 is 1.17. The molecule has 0 radical (unpaired) electrons. The van der Waals surface area contributed by atoms with E-state index < -0.39 is 0 Å². The van der Waals surface area contributed by atoms with E-state index in [1.54, 1.807) is 0 Å². The van der Waals surface area contributed by atoms with Crippen molar-refractivity contribution < 1.29 is 0 Å². The molecule has 0 saturated heterocycles. The lowest BCUT2D eigenvalue weighted by molar-refractivity contribution is 0.141. The number of benzene rings is 1. The molecule has 0 bridgehead atoms. The molecule has 1 aromatic carbocycles. The lowest BCUT2D eigenvalue weighted by Gasteiger charge is -2.36. The zero-order valence-corrected chi connectivity index (χ0v) is 14.9. The fourth-order valence-corrected chi connectivity index (χ4v) is 2.93. The number of aryl methyl sites for hydroxylation is 1. The minimum absolute atomic E-state index is 0.313. The third-order valence-corrected chi connectivity index (χ3v) is 4.99. The molecule has 20 heavy (non-hydrogen) atoms. The maximum atomic E-state index is 6.10. The fraction of sp³-hybridized carbons (Fsp3) is 0.647. The zero-order valence-electron chi connectivity index (χ0n) is 13.3. The summed E-state index contributed by atoms with van der Waals surface area (Å²) in [5.41, 5.74) is 8.69. The summed E-state index contributed by atoms with van der Waals surface area (Å²) in [5, 5.41) is 0. The SMILES string of the molecule is CCCCN(C(C)CC)C(CN)c1ccc(C)c(Br)c1. The third-order valence-electron chi connectivity index (χ3n) is 4.13. The van der Waals surface area contributed by atoms with Crippen LogP contribution in [0.3, 0.4) is 0 Å². The normalized spacial score (nSPS) is 14.6. The highest BCUT2D eigenvalue weighted by molar-refractivity contribution is 9.10. The van der Waals surface area contributed by atoms with Crippen molar-refractivity contribution in [3.63, 3.8) is 0 Å². The summed E-state index contributed by atoms with van der Waals surface area (Å²) in [5.74, 6) is 0. The molecule has 0 aliphatic heterocycles. The Bertz CT molecular complexity index is 406. The van der Waals surface area contributed by atoms with E-state index >= 15 is 0 Å². The number of rotatable bonds is 8. The number of nitrogens with zero attached hydrogens (tertiary/aromatic N) is 1. The van der Waals surface area contributed by atoms with Crippen LogP contribution in [-0.2, 0) is 0 Å². The van der Waals surface area contributed by atoms with Gasteiger partial charge in [-0.25, -0.2) is 0 Å². The van der Waals surface area contributed by atoms with Crippen LogP contribution in [0.25, 0.3) is 0 Å². The highest BCUT2D eigenvalue weighted by atomic mass is 79.9. The van der Waals surface area contributed by atoms with Crippen molar-refractivity contribution in [2.75, 3.05) is 13.1 Å². The largest absolute Gasteiger partial charge is 0.329 e. The Kier molecular flexibility index (Phi) is 7.78. The molecule has 114 valence electrons. The quantitative estimate of drug-likeness (QED) is 0.745. The molecule has 2 atom stereocenters. The van der Waals surface area contributed by atoms with E-state index in [9.17, 15) is 0 Å². The smallest absolute Gasteiger partial charge is 0.0473 e. The Hall–Kier alpha value is -0.380. The maximum absolute atomic E-state index is 6.10. The van der Waals surface area contributed by atoms with Gasteiger partial charge in [-0.05, 0) is 50.4 Å². The summed E-state index contributed by atoms with van der Waals surface area (Å²) in [7, 11) is 0. The van der Waals surface area contributed by atoms with Crippen LogP contribution in [0, 0.1) is 6.92 Å². The van der Waals surface area contributed by atoms with Crippen molar-refractivity contribution >= 4 is 15.9 Å². The van der Waals surface area contributed by atoms with Gasteiger partial charge in [0.2, 0.25) is 0 Å². The van der Waals surface area contributed by atoms with E-state index in [0.29, 0.717) is 18.6 Å².